The van der Waals surface area contributed by atoms with Gasteiger partial charge >= 0.3 is 0 Å². The summed E-state index contributed by atoms with van der Waals surface area (Å²) in [5, 5.41) is 6.71. The minimum atomic E-state index is 0. The van der Waals surface area contributed by atoms with Crippen molar-refractivity contribution in [3.05, 3.63) is 54.0 Å². The molecule has 0 fully saturated rings. The number of aromatic nitrogens is 3. The summed E-state index contributed by atoms with van der Waals surface area (Å²) in [5.41, 5.74) is 3.25. The largest absolute Gasteiger partial charge is 0.477 e. The smallest absolute Gasteiger partial charge is 0.218 e. The zero-order valence-electron chi connectivity index (χ0n) is 17.9. The Morgan fingerprint density at radius 2 is 2.00 bits per heavy atom. The van der Waals surface area contributed by atoms with Gasteiger partial charge in [-0.1, -0.05) is 25.1 Å². The first-order valence-electron chi connectivity index (χ1n) is 10.2. The molecule has 2 aromatic heterocycles. The summed E-state index contributed by atoms with van der Waals surface area (Å²) in [5.74, 6) is 2.49. The molecule has 0 aliphatic heterocycles. The molecule has 2 N–H and O–H groups in total. The highest BCUT2D eigenvalue weighted by atomic mass is 127. The standard InChI is InChI=1S/C22H30N6O.HI/c1-4-15-29-21-18(9-7-12-24-21)16-26-22(23-3)25-13-8-14-28-17(2)27-19-10-5-6-11-20(19)28;/h5-7,9-12H,4,8,13-16H2,1-3H3,(H2,23,25,26);1H. The first kappa shape index (κ1) is 23.9. The van der Waals surface area contributed by atoms with Crippen molar-refractivity contribution in [3.63, 3.8) is 0 Å². The number of fused-ring (bicyclic) bond motifs is 1. The number of halogens is 1. The predicted molar refractivity (Wildman–Crippen MR) is 133 cm³/mol. The third-order valence-electron chi connectivity index (χ3n) is 4.66. The summed E-state index contributed by atoms with van der Waals surface area (Å²) in [6, 6.07) is 12.2. The van der Waals surface area contributed by atoms with Gasteiger partial charge < -0.3 is 19.9 Å². The molecular formula is C22H31IN6O. The van der Waals surface area contributed by atoms with Crippen LogP contribution in [0, 0.1) is 6.92 Å². The molecule has 7 nitrogen and oxygen atoms in total. The lowest BCUT2D eigenvalue weighted by atomic mass is 10.2. The Morgan fingerprint density at radius 3 is 2.80 bits per heavy atom. The van der Waals surface area contributed by atoms with Crippen molar-refractivity contribution in [1.82, 2.24) is 25.2 Å². The number of hydrogen-bond acceptors (Lipinski definition) is 4. The summed E-state index contributed by atoms with van der Waals surface area (Å²) in [7, 11) is 1.78. The molecule has 0 aliphatic carbocycles. The van der Waals surface area contributed by atoms with Crippen LogP contribution in [-0.2, 0) is 13.1 Å². The molecule has 0 saturated carbocycles. The molecule has 0 amide bonds. The Labute approximate surface area is 195 Å². The lowest BCUT2D eigenvalue weighted by Gasteiger charge is -2.14. The molecule has 0 unspecified atom stereocenters. The van der Waals surface area contributed by atoms with Gasteiger partial charge in [-0.05, 0) is 38.0 Å². The van der Waals surface area contributed by atoms with Gasteiger partial charge in [0, 0.05) is 38.4 Å². The fourth-order valence-corrected chi connectivity index (χ4v) is 3.21. The Morgan fingerprint density at radius 1 is 1.17 bits per heavy atom. The maximum absolute atomic E-state index is 5.72. The van der Waals surface area contributed by atoms with Crippen LogP contribution in [0.25, 0.3) is 11.0 Å². The molecule has 30 heavy (non-hydrogen) atoms. The fraction of sp³-hybridized carbons (Fsp3) is 0.409. The second-order valence-corrected chi connectivity index (χ2v) is 6.82. The van der Waals surface area contributed by atoms with E-state index in [1.54, 1.807) is 13.2 Å². The molecule has 0 saturated heterocycles. The Balaban J connectivity index is 0.00000320. The van der Waals surface area contributed by atoms with Gasteiger partial charge in [0.25, 0.3) is 0 Å². The Kier molecular flexibility index (Phi) is 9.85. The summed E-state index contributed by atoms with van der Waals surface area (Å²) >= 11 is 0. The first-order valence-corrected chi connectivity index (χ1v) is 10.2. The van der Waals surface area contributed by atoms with Crippen molar-refractivity contribution in [2.24, 2.45) is 4.99 Å². The van der Waals surface area contributed by atoms with E-state index in [4.69, 9.17) is 4.74 Å². The van der Waals surface area contributed by atoms with Gasteiger partial charge in [-0.3, -0.25) is 4.99 Å². The number of imidazole rings is 1. The second kappa shape index (κ2) is 12.4. The van der Waals surface area contributed by atoms with Gasteiger partial charge in [0.05, 0.1) is 17.6 Å². The SMILES string of the molecule is CCCOc1ncccc1CNC(=NC)NCCCn1c(C)nc2ccccc21.I. The number of ether oxygens (including phenoxy) is 1. The minimum absolute atomic E-state index is 0. The number of pyridine rings is 1. The molecule has 2 heterocycles. The molecule has 162 valence electrons. The van der Waals surface area contributed by atoms with E-state index in [2.05, 4.69) is 62.2 Å². The predicted octanol–water partition coefficient (Wildman–Crippen LogP) is 3.90. The highest BCUT2D eigenvalue weighted by Crippen LogP contribution is 2.16. The Hall–Kier alpha value is -2.36. The minimum Gasteiger partial charge on any atom is -0.477 e. The van der Waals surface area contributed by atoms with Crippen LogP contribution in [0.5, 0.6) is 5.88 Å². The molecule has 0 bridgehead atoms. The molecule has 0 spiro atoms. The van der Waals surface area contributed by atoms with Crippen molar-refractivity contribution < 1.29 is 4.74 Å². The third-order valence-corrected chi connectivity index (χ3v) is 4.66. The molecule has 0 atom stereocenters. The van der Waals surface area contributed by atoms with Gasteiger partial charge in [0.1, 0.15) is 5.82 Å². The van der Waals surface area contributed by atoms with E-state index in [1.807, 2.05) is 18.2 Å². The van der Waals surface area contributed by atoms with Crippen molar-refractivity contribution in [2.45, 2.75) is 39.8 Å². The summed E-state index contributed by atoms with van der Waals surface area (Å²) < 4.78 is 7.98. The van der Waals surface area contributed by atoms with Crippen LogP contribution in [-0.4, -0.2) is 40.7 Å². The van der Waals surface area contributed by atoms with E-state index in [0.717, 1.165) is 48.8 Å². The second-order valence-electron chi connectivity index (χ2n) is 6.82. The number of benzene rings is 1. The lowest BCUT2D eigenvalue weighted by molar-refractivity contribution is 0.301. The molecule has 1 aromatic carbocycles. The van der Waals surface area contributed by atoms with Crippen LogP contribution < -0.4 is 15.4 Å². The Bertz CT molecular complexity index is 956. The van der Waals surface area contributed by atoms with Crippen LogP contribution in [0.3, 0.4) is 0 Å². The maximum atomic E-state index is 5.72. The number of nitrogens with zero attached hydrogens (tertiary/aromatic N) is 4. The fourth-order valence-electron chi connectivity index (χ4n) is 3.21. The van der Waals surface area contributed by atoms with Gasteiger partial charge in [-0.2, -0.15) is 0 Å². The molecular weight excluding hydrogens is 491 g/mol. The first-order chi connectivity index (χ1) is 14.2. The lowest BCUT2D eigenvalue weighted by Crippen LogP contribution is -2.37. The number of aryl methyl sites for hydroxylation is 2. The van der Waals surface area contributed by atoms with Crippen molar-refractivity contribution in [1.29, 1.82) is 0 Å². The monoisotopic (exact) mass is 522 g/mol. The van der Waals surface area contributed by atoms with E-state index >= 15 is 0 Å². The molecule has 0 aliphatic rings. The molecule has 3 aromatic rings. The van der Waals surface area contributed by atoms with E-state index in [-0.39, 0.29) is 24.0 Å². The highest BCUT2D eigenvalue weighted by molar-refractivity contribution is 14.0. The van der Waals surface area contributed by atoms with E-state index in [1.165, 1.54) is 5.52 Å². The number of hydrogen-bond donors (Lipinski definition) is 2. The van der Waals surface area contributed by atoms with Crippen LogP contribution in [0.1, 0.15) is 31.2 Å². The summed E-state index contributed by atoms with van der Waals surface area (Å²) in [4.78, 5) is 13.3. The maximum Gasteiger partial charge on any atom is 0.218 e. The number of para-hydroxylation sites is 2. The number of rotatable bonds is 9. The number of guanidine groups is 1. The van der Waals surface area contributed by atoms with Crippen molar-refractivity contribution in [2.75, 3.05) is 20.2 Å². The molecule has 0 radical (unpaired) electrons. The normalized spacial score (nSPS) is 11.2. The van der Waals surface area contributed by atoms with Crippen molar-refractivity contribution in [3.8, 4) is 5.88 Å². The number of nitrogens with one attached hydrogen (secondary N) is 2. The zero-order chi connectivity index (χ0) is 20.5. The molecule has 3 rings (SSSR count). The van der Waals surface area contributed by atoms with Gasteiger partial charge in [0.2, 0.25) is 5.88 Å². The zero-order valence-corrected chi connectivity index (χ0v) is 20.2. The summed E-state index contributed by atoms with van der Waals surface area (Å²) in [6.45, 7) is 7.14. The summed E-state index contributed by atoms with van der Waals surface area (Å²) in [6.07, 6.45) is 3.68. The van der Waals surface area contributed by atoms with Crippen molar-refractivity contribution >= 4 is 41.0 Å². The van der Waals surface area contributed by atoms with Gasteiger partial charge in [-0.25, -0.2) is 9.97 Å². The average molecular weight is 522 g/mol. The number of aliphatic imine (C=N–C) groups is 1. The van der Waals surface area contributed by atoms with Crippen LogP contribution in [0.2, 0.25) is 0 Å². The third kappa shape index (κ3) is 6.32. The highest BCUT2D eigenvalue weighted by Gasteiger charge is 2.07. The van der Waals surface area contributed by atoms with Crippen LogP contribution in [0.15, 0.2) is 47.6 Å². The topological polar surface area (TPSA) is 76.4 Å². The van der Waals surface area contributed by atoms with E-state index in [9.17, 15) is 0 Å². The average Bonchev–Trinajstić information content (AvgIpc) is 3.07. The van der Waals surface area contributed by atoms with Crippen LogP contribution >= 0.6 is 24.0 Å². The van der Waals surface area contributed by atoms with Crippen LogP contribution in [0.4, 0.5) is 0 Å². The quantitative estimate of drug-likeness (QED) is 0.193. The van der Waals surface area contributed by atoms with Gasteiger partial charge in [-0.15, -0.1) is 24.0 Å². The molecule has 8 heteroatoms. The van der Waals surface area contributed by atoms with Gasteiger partial charge in [0.15, 0.2) is 5.96 Å². The van der Waals surface area contributed by atoms with E-state index < -0.39 is 0 Å². The van der Waals surface area contributed by atoms with E-state index in [0.29, 0.717) is 19.0 Å².